The van der Waals surface area contributed by atoms with E-state index in [0.717, 1.165) is 12.8 Å². The van der Waals surface area contributed by atoms with E-state index in [1.165, 1.54) is 50.1 Å². The van der Waals surface area contributed by atoms with Crippen LogP contribution in [0, 0.1) is 5.82 Å². The molecular formula is C18H23FN2O2. The van der Waals surface area contributed by atoms with E-state index >= 15 is 0 Å². The quantitative estimate of drug-likeness (QED) is 0.728. The van der Waals surface area contributed by atoms with Gasteiger partial charge >= 0.3 is 0 Å². The number of hydrogen-bond acceptors (Lipinski definition) is 2. The number of carbonyl (C=O) groups excluding carboxylic acids is 1. The Morgan fingerprint density at radius 2 is 1.91 bits per heavy atom. The number of amides is 1. The number of hydrogen-bond donors (Lipinski definition) is 2. The van der Waals surface area contributed by atoms with Crippen molar-refractivity contribution < 1.29 is 9.18 Å². The summed E-state index contributed by atoms with van der Waals surface area (Å²) in [5.41, 5.74) is -0.294. The number of halogens is 1. The molecule has 1 aromatic heterocycles. The summed E-state index contributed by atoms with van der Waals surface area (Å²) in [5.74, 6) is -0.912. The Hall–Kier alpha value is -2.17. The Labute approximate surface area is 135 Å². The van der Waals surface area contributed by atoms with Crippen LogP contribution in [0.15, 0.2) is 29.2 Å². The van der Waals surface area contributed by atoms with Crippen LogP contribution in [0.5, 0.6) is 0 Å². The second kappa shape index (κ2) is 8.46. The third-order valence-electron chi connectivity index (χ3n) is 3.92. The van der Waals surface area contributed by atoms with Gasteiger partial charge in [0.05, 0.1) is 5.52 Å². The fourth-order valence-corrected chi connectivity index (χ4v) is 2.59. The Kier molecular flexibility index (Phi) is 6.32. The van der Waals surface area contributed by atoms with Gasteiger partial charge in [-0.2, -0.15) is 0 Å². The smallest absolute Gasteiger partial charge is 0.256 e. The maximum atomic E-state index is 13.6. The zero-order valence-corrected chi connectivity index (χ0v) is 13.5. The van der Waals surface area contributed by atoms with E-state index in [1.54, 1.807) is 0 Å². The summed E-state index contributed by atoms with van der Waals surface area (Å²) in [6, 6.07) is 4.25. The molecule has 2 N–H and O–H groups in total. The van der Waals surface area contributed by atoms with Crippen molar-refractivity contribution in [2.24, 2.45) is 0 Å². The van der Waals surface area contributed by atoms with Crippen molar-refractivity contribution in [2.75, 3.05) is 6.54 Å². The fourth-order valence-electron chi connectivity index (χ4n) is 2.59. The Balaban J connectivity index is 1.94. The molecule has 0 spiro atoms. The lowest BCUT2D eigenvalue weighted by Crippen LogP contribution is -2.29. The van der Waals surface area contributed by atoms with Gasteiger partial charge < -0.3 is 10.3 Å². The lowest BCUT2D eigenvalue weighted by molar-refractivity contribution is 0.0951. The van der Waals surface area contributed by atoms with E-state index in [2.05, 4.69) is 17.2 Å². The third-order valence-corrected chi connectivity index (χ3v) is 3.92. The van der Waals surface area contributed by atoms with Crippen LogP contribution < -0.4 is 10.7 Å². The van der Waals surface area contributed by atoms with Gasteiger partial charge in [-0.1, -0.05) is 45.1 Å². The molecule has 0 radical (unpaired) electrons. The van der Waals surface area contributed by atoms with Gasteiger partial charge in [0.25, 0.3) is 5.91 Å². The molecule has 1 aromatic carbocycles. The molecule has 2 rings (SSSR count). The molecule has 0 aliphatic heterocycles. The highest BCUT2D eigenvalue weighted by molar-refractivity contribution is 5.97. The number of H-pyrrole nitrogens is 1. The maximum absolute atomic E-state index is 13.6. The van der Waals surface area contributed by atoms with E-state index < -0.39 is 17.2 Å². The predicted molar refractivity (Wildman–Crippen MR) is 90.2 cm³/mol. The number of fused-ring (bicyclic) bond motifs is 1. The van der Waals surface area contributed by atoms with Gasteiger partial charge in [0, 0.05) is 18.1 Å². The molecule has 0 aliphatic carbocycles. The fraction of sp³-hybridized carbons (Fsp3) is 0.444. The number of nitrogens with one attached hydrogen (secondary N) is 2. The predicted octanol–water partition coefficient (Wildman–Crippen LogP) is 3.76. The van der Waals surface area contributed by atoms with Gasteiger partial charge in [0.2, 0.25) is 5.43 Å². The third kappa shape index (κ3) is 4.41. The lowest BCUT2D eigenvalue weighted by atomic mass is 10.1. The summed E-state index contributed by atoms with van der Waals surface area (Å²) in [7, 11) is 0. The van der Waals surface area contributed by atoms with Crippen LogP contribution in [0.1, 0.15) is 55.8 Å². The van der Waals surface area contributed by atoms with E-state index in [9.17, 15) is 14.0 Å². The minimum absolute atomic E-state index is 0.0223. The first-order valence-electron chi connectivity index (χ1n) is 8.23. The normalized spacial score (nSPS) is 10.9. The van der Waals surface area contributed by atoms with Gasteiger partial charge in [-0.05, 0) is 18.6 Å². The van der Waals surface area contributed by atoms with E-state index in [-0.39, 0.29) is 16.5 Å². The molecule has 4 nitrogen and oxygen atoms in total. The molecule has 124 valence electrons. The monoisotopic (exact) mass is 318 g/mol. The second-order valence-corrected chi connectivity index (χ2v) is 5.72. The lowest BCUT2D eigenvalue weighted by Gasteiger charge is -2.06. The van der Waals surface area contributed by atoms with E-state index in [1.807, 2.05) is 0 Å². The molecular weight excluding hydrogens is 295 g/mol. The summed E-state index contributed by atoms with van der Waals surface area (Å²) in [6.45, 7) is 2.72. The average molecular weight is 318 g/mol. The largest absolute Gasteiger partial charge is 0.358 e. The van der Waals surface area contributed by atoms with Crippen molar-refractivity contribution in [1.82, 2.24) is 10.3 Å². The van der Waals surface area contributed by atoms with Gasteiger partial charge in [-0.15, -0.1) is 0 Å². The van der Waals surface area contributed by atoms with Crippen molar-refractivity contribution in [2.45, 2.75) is 45.4 Å². The molecule has 0 atom stereocenters. The molecule has 1 heterocycles. The van der Waals surface area contributed by atoms with Gasteiger partial charge in [0.15, 0.2) is 0 Å². The van der Waals surface area contributed by atoms with Crippen molar-refractivity contribution in [1.29, 1.82) is 0 Å². The summed E-state index contributed by atoms with van der Waals surface area (Å²) in [5, 5.41) is 2.95. The number of pyridine rings is 1. The molecule has 0 fully saturated rings. The SMILES string of the molecule is CCCCCCCCNC(=O)c1c[nH]c2c(F)cccc2c1=O. The number of rotatable bonds is 8. The first-order valence-corrected chi connectivity index (χ1v) is 8.23. The van der Waals surface area contributed by atoms with Crippen LogP contribution in [-0.2, 0) is 0 Å². The van der Waals surface area contributed by atoms with Crippen LogP contribution in [0.4, 0.5) is 4.39 Å². The van der Waals surface area contributed by atoms with Crippen LogP contribution >= 0.6 is 0 Å². The Morgan fingerprint density at radius 1 is 1.17 bits per heavy atom. The Morgan fingerprint density at radius 3 is 2.70 bits per heavy atom. The van der Waals surface area contributed by atoms with Gasteiger partial charge in [-0.3, -0.25) is 9.59 Å². The first-order chi connectivity index (χ1) is 11.1. The van der Waals surface area contributed by atoms with Crippen LogP contribution in [0.2, 0.25) is 0 Å². The minimum atomic E-state index is -0.501. The maximum Gasteiger partial charge on any atom is 0.256 e. The number of unbranched alkanes of at least 4 members (excludes halogenated alkanes) is 5. The standard InChI is InChI=1S/C18H23FN2O2/c1-2-3-4-5-6-7-11-20-18(23)14-12-21-16-13(17(14)22)9-8-10-15(16)19/h8-10,12H,2-7,11H2,1H3,(H,20,23)(H,21,22). The van der Waals surface area contributed by atoms with Crippen molar-refractivity contribution in [3.8, 4) is 0 Å². The Bertz CT molecular complexity index is 725. The molecule has 0 aliphatic rings. The van der Waals surface area contributed by atoms with Crippen molar-refractivity contribution in [3.05, 3.63) is 46.0 Å². The number of para-hydroxylation sites is 1. The second-order valence-electron chi connectivity index (χ2n) is 5.72. The van der Waals surface area contributed by atoms with Crippen LogP contribution in [0.3, 0.4) is 0 Å². The van der Waals surface area contributed by atoms with Gasteiger partial charge in [-0.25, -0.2) is 4.39 Å². The van der Waals surface area contributed by atoms with E-state index in [0.29, 0.717) is 6.54 Å². The molecule has 2 aromatic rings. The summed E-state index contributed by atoms with van der Waals surface area (Å²) in [6.07, 6.45) is 8.09. The summed E-state index contributed by atoms with van der Waals surface area (Å²) >= 11 is 0. The zero-order chi connectivity index (χ0) is 16.7. The molecule has 23 heavy (non-hydrogen) atoms. The first kappa shape index (κ1) is 17.2. The molecule has 0 unspecified atom stereocenters. The summed E-state index contributed by atoms with van der Waals surface area (Å²) < 4.78 is 13.6. The van der Waals surface area contributed by atoms with Crippen LogP contribution in [-0.4, -0.2) is 17.4 Å². The zero-order valence-electron chi connectivity index (χ0n) is 13.5. The van der Waals surface area contributed by atoms with E-state index in [4.69, 9.17) is 0 Å². The molecule has 5 heteroatoms. The molecule has 0 bridgehead atoms. The van der Waals surface area contributed by atoms with Gasteiger partial charge in [0.1, 0.15) is 11.4 Å². The minimum Gasteiger partial charge on any atom is -0.358 e. The van der Waals surface area contributed by atoms with Crippen LogP contribution in [0.25, 0.3) is 10.9 Å². The highest BCUT2D eigenvalue weighted by Crippen LogP contribution is 2.12. The number of aromatic amines is 1. The number of benzene rings is 1. The molecule has 0 saturated heterocycles. The summed E-state index contributed by atoms with van der Waals surface area (Å²) in [4.78, 5) is 27.1. The topological polar surface area (TPSA) is 62.0 Å². The van der Waals surface area contributed by atoms with Crippen molar-refractivity contribution in [3.63, 3.8) is 0 Å². The average Bonchev–Trinajstić information content (AvgIpc) is 2.55. The number of carbonyl (C=O) groups is 1. The highest BCUT2D eigenvalue weighted by Gasteiger charge is 2.13. The number of aromatic nitrogens is 1. The molecule has 0 saturated carbocycles. The molecule has 1 amide bonds. The highest BCUT2D eigenvalue weighted by atomic mass is 19.1. The van der Waals surface area contributed by atoms with Crippen molar-refractivity contribution >= 4 is 16.8 Å².